The standard InChI is InChI=1S/C19H18N2O3/c1-2-3-13-24-19(23)21-16-12-8-7-11-15(16)20-18(21)17(22)14-9-5-4-6-10-14/h4-12H,2-3,13H2,1H3. The van der Waals surface area contributed by atoms with E-state index in [1.54, 1.807) is 42.5 Å². The third kappa shape index (κ3) is 3.06. The lowest BCUT2D eigenvalue weighted by Gasteiger charge is -2.08. The van der Waals surface area contributed by atoms with Crippen LogP contribution in [0.25, 0.3) is 11.0 Å². The highest BCUT2D eigenvalue weighted by Crippen LogP contribution is 2.19. The van der Waals surface area contributed by atoms with Gasteiger partial charge in [-0.2, -0.15) is 0 Å². The van der Waals surface area contributed by atoms with E-state index in [2.05, 4.69) is 4.98 Å². The molecule has 0 saturated carbocycles. The van der Waals surface area contributed by atoms with Gasteiger partial charge in [-0.25, -0.2) is 14.3 Å². The number of benzene rings is 2. The average molecular weight is 322 g/mol. The molecule has 3 aromatic rings. The first-order valence-corrected chi connectivity index (χ1v) is 7.96. The monoisotopic (exact) mass is 322 g/mol. The zero-order chi connectivity index (χ0) is 16.9. The third-order valence-electron chi connectivity index (χ3n) is 3.71. The molecule has 0 spiro atoms. The van der Waals surface area contributed by atoms with Crippen LogP contribution in [0.15, 0.2) is 54.6 Å². The minimum Gasteiger partial charge on any atom is -0.449 e. The van der Waals surface area contributed by atoms with E-state index in [4.69, 9.17) is 4.74 Å². The lowest BCUT2D eigenvalue weighted by molar-refractivity contribution is 0.101. The summed E-state index contributed by atoms with van der Waals surface area (Å²) in [6.45, 7) is 2.34. The smallest absolute Gasteiger partial charge is 0.420 e. The summed E-state index contributed by atoms with van der Waals surface area (Å²) in [6.07, 6.45) is 1.13. The van der Waals surface area contributed by atoms with Crippen molar-refractivity contribution >= 4 is 22.9 Å². The fourth-order valence-electron chi connectivity index (χ4n) is 2.45. The minimum absolute atomic E-state index is 0.0731. The molecule has 0 aliphatic heterocycles. The van der Waals surface area contributed by atoms with E-state index in [-0.39, 0.29) is 11.6 Å². The number of ketones is 1. The van der Waals surface area contributed by atoms with Gasteiger partial charge in [0.1, 0.15) is 0 Å². The molecule has 122 valence electrons. The first-order chi connectivity index (χ1) is 11.7. The van der Waals surface area contributed by atoms with Crippen molar-refractivity contribution in [1.82, 2.24) is 9.55 Å². The Balaban J connectivity index is 2.05. The minimum atomic E-state index is -0.573. The van der Waals surface area contributed by atoms with Crippen molar-refractivity contribution in [2.24, 2.45) is 0 Å². The van der Waals surface area contributed by atoms with Gasteiger partial charge in [-0.1, -0.05) is 55.8 Å². The number of nitrogens with zero attached hydrogens (tertiary/aromatic N) is 2. The fraction of sp³-hybridized carbons (Fsp3) is 0.211. The molecule has 0 saturated heterocycles. The highest BCUT2D eigenvalue weighted by atomic mass is 16.5. The van der Waals surface area contributed by atoms with E-state index in [9.17, 15) is 9.59 Å². The molecule has 24 heavy (non-hydrogen) atoms. The first kappa shape index (κ1) is 15.9. The summed E-state index contributed by atoms with van der Waals surface area (Å²) in [6, 6.07) is 15.9. The van der Waals surface area contributed by atoms with E-state index < -0.39 is 6.09 Å². The number of para-hydroxylation sites is 2. The van der Waals surface area contributed by atoms with Gasteiger partial charge < -0.3 is 4.74 Å². The van der Waals surface area contributed by atoms with Crippen LogP contribution in [0.3, 0.4) is 0 Å². The fourth-order valence-corrected chi connectivity index (χ4v) is 2.45. The number of hydrogen-bond donors (Lipinski definition) is 0. The van der Waals surface area contributed by atoms with Gasteiger partial charge >= 0.3 is 6.09 Å². The number of unbranched alkanes of at least 4 members (excludes halogenated alkanes) is 1. The number of carbonyl (C=O) groups excluding carboxylic acids is 2. The molecule has 0 aliphatic carbocycles. The van der Waals surface area contributed by atoms with Crippen molar-refractivity contribution in [2.45, 2.75) is 19.8 Å². The second-order valence-corrected chi connectivity index (χ2v) is 5.42. The SMILES string of the molecule is CCCCOC(=O)n1c(C(=O)c2ccccc2)nc2ccccc21. The summed E-state index contributed by atoms with van der Waals surface area (Å²) in [5.74, 6) is -0.233. The Labute approximate surface area is 139 Å². The molecular weight excluding hydrogens is 304 g/mol. The number of rotatable bonds is 5. The number of ether oxygens (including phenoxy) is 1. The van der Waals surface area contributed by atoms with Crippen LogP contribution < -0.4 is 0 Å². The van der Waals surface area contributed by atoms with Crippen molar-refractivity contribution < 1.29 is 14.3 Å². The van der Waals surface area contributed by atoms with Crippen molar-refractivity contribution in [2.75, 3.05) is 6.61 Å². The van der Waals surface area contributed by atoms with E-state index in [1.165, 1.54) is 4.57 Å². The summed E-state index contributed by atoms with van der Waals surface area (Å²) in [7, 11) is 0. The van der Waals surface area contributed by atoms with E-state index in [0.717, 1.165) is 12.8 Å². The Bertz CT molecular complexity index is 869. The molecule has 0 fully saturated rings. The third-order valence-corrected chi connectivity index (χ3v) is 3.71. The predicted octanol–water partition coefficient (Wildman–Crippen LogP) is 4.05. The summed E-state index contributed by atoms with van der Waals surface area (Å²) in [5.41, 5.74) is 1.64. The van der Waals surface area contributed by atoms with Gasteiger partial charge in [0, 0.05) is 5.56 Å². The topological polar surface area (TPSA) is 61.2 Å². The highest BCUT2D eigenvalue weighted by Gasteiger charge is 2.23. The molecule has 1 heterocycles. The summed E-state index contributed by atoms with van der Waals surface area (Å²) >= 11 is 0. The molecule has 0 atom stereocenters. The van der Waals surface area contributed by atoms with Crippen molar-refractivity contribution in [1.29, 1.82) is 0 Å². The van der Waals surface area contributed by atoms with Gasteiger partial charge in [0.2, 0.25) is 5.78 Å². The highest BCUT2D eigenvalue weighted by molar-refractivity contribution is 6.10. The largest absolute Gasteiger partial charge is 0.449 e. The molecule has 0 amide bonds. The Hall–Kier alpha value is -2.95. The molecule has 0 radical (unpaired) electrons. The van der Waals surface area contributed by atoms with Gasteiger partial charge in [0.25, 0.3) is 0 Å². The molecule has 5 heteroatoms. The Morgan fingerprint density at radius 3 is 2.50 bits per heavy atom. The molecule has 3 rings (SSSR count). The molecule has 0 aliphatic rings. The van der Waals surface area contributed by atoms with Crippen LogP contribution in [0.5, 0.6) is 0 Å². The number of imidazole rings is 1. The van der Waals surface area contributed by atoms with Gasteiger partial charge in [-0.05, 0) is 18.6 Å². The van der Waals surface area contributed by atoms with Crippen LogP contribution in [-0.4, -0.2) is 28.0 Å². The number of carbonyl (C=O) groups is 2. The van der Waals surface area contributed by atoms with Crippen molar-refractivity contribution in [3.8, 4) is 0 Å². The predicted molar refractivity (Wildman–Crippen MR) is 91.3 cm³/mol. The maximum Gasteiger partial charge on any atom is 0.420 e. The quantitative estimate of drug-likeness (QED) is 0.525. The number of aromatic nitrogens is 2. The first-order valence-electron chi connectivity index (χ1n) is 7.96. The van der Waals surface area contributed by atoms with Crippen LogP contribution in [0, 0.1) is 0 Å². The Morgan fingerprint density at radius 1 is 1.04 bits per heavy atom. The molecule has 0 bridgehead atoms. The lowest BCUT2D eigenvalue weighted by Crippen LogP contribution is -2.20. The molecule has 1 aromatic heterocycles. The summed E-state index contributed by atoms with van der Waals surface area (Å²) in [4.78, 5) is 29.6. The van der Waals surface area contributed by atoms with E-state index in [1.807, 2.05) is 19.1 Å². The maximum absolute atomic E-state index is 12.8. The Morgan fingerprint density at radius 2 is 1.75 bits per heavy atom. The molecule has 2 aromatic carbocycles. The van der Waals surface area contributed by atoms with Crippen LogP contribution in [0.1, 0.15) is 35.9 Å². The number of fused-ring (bicyclic) bond motifs is 1. The second-order valence-electron chi connectivity index (χ2n) is 5.42. The second kappa shape index (κ2) is 7.08. The van der Waals surface area contributed by atoms with Crippen LogP contribution in [0.4, 0.5) is 4.79 Å². The van der Waals surface area contributed by atoms with Gasteiger partial charge in [0.05, 0.1) is 17.6 Å². The molecule has 5 nitrogen and oxygen atoms in total. The van der Waals surface area contributed by atoms with E-state index in [0.29, 0.717) is 23.2 Å². The van der Waals surface area contributed by atoms with E-state index >= 15 is 0 Å². The Kier molecular flexibility index (Phi) is 4.70. The molecular formula is C19H18N2O3. The van der Waals surface area contributed by atoms with Crippen molar-refractivity contribution in [3.63, 3.8) is 0 Å². The molecule has 0 unspecified atom stereocenters. The van der Waals surface area contributed by atoms with Gasteiger partial charge in [0.15, 0.2) is 5.82 Å². The summed E-state index contributed by atoms with van der Waals surface area (Å²) in [5, 5.41) is 0. The van der Waals surface area contributed by atoms with Crippen LogP contribution >= 0.6 is 0 Å². The zero-order valence-electron chi connectivity index (χ0n) is 13.4. The van der Waals surface area contributed by atoms with Crippen LogP contribution in [0.2, 0.25) is 0 Å². The van der Waals surface area contributed by atoms with Crippen LogP contribution in [-0.2, 0) is 4.74 Å². The van der Waals surface area contributed by atoms with Crippen molar-refractivity contribution in [3.05, 3.63) is 66.0 Å². The summed E-state index contributed by atoms with van der Waals surface area (Å²) < 4.78 is 6.56. The normalized spacial score (nSPS) is 10.7. The molecule has 0 N–H and O–H groups in total. The average Bonchev–Trinajstić information content (AvgIpc) is 3.01. The van der Waals surface area contributed by atoms with Gasteiger partial charge in [-0.3, -0.25) is 4.79 Å². The van der Waals surface area contributed by atoms with Gasteiger partial charge in [-0.15, -0.1) is 0 Å². The lowest BCUT2D eigenvalue weighted by atomic mass is 10.1. The number of hydrogen-bond acceptors (Lipinski definition) is 4. The maximum atomic E-state index is 12.8. The zero-order valence-corrected chi connectivity index (χ0v) is 13.4.